The van der Waals surface area contributed by atoms with Crippen LogP contribution in [0.1, 0.15) is 18.9 Å². The van der Waals surface area contributed by atoms with Crippen LogP contribution in [0.2, 0.25) is 0 Å². The number of sulfonamides is 1. The van der Waals surface area contributed by atoms with Crippen molar-refractivity contribution in [1.82, 2.24) is 4.31 Å². The monoisotopic (exact) mass is 377 g/mol. The van der Waals surface area contributed by atoms with Gasteiger partial charge < -0.3 is 9.47 Å². The molecule has 1 aliphatic carbocycles. The Balaban J connectivity index is 1.90. The van der Waals surface area contributed by atoms with Gasteiger partial charge >= 0.3 is 0 Å². The van der Waals surface area contributed by atoms with E-state index < -0.39 is 10.0 Å². The lowest BCUT2D eigenvalue weighted by molar-refractivity contribution is 0.202. The highest BCUT2D eigenvalue weighted by molar-refractivity contribution is 7.89. The maximum atomic E-state index is 13.1. The number of ether oxygens (including phenoxy) is 2. The summed E-state index contributed by atoms with van der Waals surface area (Å²) >= 11 is 0. The molecule has 1 aliphatic heterocycles. The smallest absolute Gasteiger partial charge is 0.243 e. The van der Waals surface area contributed by atoms with E-state index in [1.165, 1.54) is 5.57 Å². The molecule has 1 unspecified atom stereocenters. The summed E-state index contributed by atoms with van der Waals surface area (Å²) in [6.07, 6.45) is 2.91. The van der Waals surface area contributed by atoms with Gasteiger partial charge in [-0.1, -0.05) is 30.7 Å². The second-order valence-electron chi connectivity index (χ2n) is 7.49. The molecule has 2 aliphatic rings. The zero-order valence-corrected chi connectivity index (χ0v) is 16.7. The highest BCUT2D eigenvalue weighted by atomic mass is 32.2. The van der Waals surface area contributed by atoms with Gasteiger partial charge in [-0.2, -0.15) is 4.31 Å². The first-order valence-electron chi connectivity index (χ1n) is 8.77. The molecule has 0 spiro atoms. The molecule has 0 radical (unpaired) electrons. The summed E-state index contributed by atoms with van der Waals surface area (Å²) in [6.45, 7) is 6.07. The van der Waals surface area contributed by atoms with E-state index in [9.17, 15) is 8.42 Å². The first kappa shape index (κ1) is 19.3. The zero-order valence-electron chi connectivity index (χ0n) is 15.9. The van der Waals surface area contributed by atoms with Crippen LogP contribution < -0.4 is 0 Å². The summed E-state index contributed by atoms with van der Waals surface area (Å²) in [7, 11) is -0.144. The Morgan fingerprint density at radius 1 is 1.12 bits per heavy atom. The van der Waals surface area contributed by atoms with Crippen LogP contribution in [-0.4, -0.2) is 53.2 Å². The van der Waals surface area contributed by atoms with Gasteiger partial charge in [0.2, 0.25) is 10.0 Å². The van der Waals surface area contributed by atoms with Gasteiger partial charge in [0.25, 0.3) is 0 Å². The number of fused-ring (bicyclic) bond motifs is 1. The molecule has 26 heavy (non-hydrogen) atoms. The van der Waals surface area contributed by atoms with Crippen molar-refractivity contribution in [3.8, 4) is 0 Å². The predicted octanol–water partition coefficient (Wildman–Crippen LogP) is 2.93. The van der Waals surface area contributed by atoms with Gasteiger partial charge in [0, 0.05) is 32.7 Å². The second-order valence-corrected chi connectivity index (χ2v) is 9.43. The van der Waals surface area contributed by atoms with E-state index in [-0.39, 0.29) is 5.41 Å². The Hall–Kier alpha value is -1.47. The molecule has 0 aromatic heterocycles. The van der Waals surface area contributed by atoms with Crippen molar-refractivity contribution in [2.75, 3.05) is 40.5 Å². The van der Waals surface area contributed by atoms with Crippen molar-refractivity contribution in [1.29, 1.82) is 0 Å². The summed E-state index contributed by atoms with van der Waals surface area (Å²) in [4.78, 5) is 0.355. The minimum atomic E-state index is -3.50. The van der Waals surface area contributed by atoms with Gasteiger partial charge in [-0.3, -0.25) is 0 Å². The number of nitrogens with zero attached hydrogens (tertiary/aromatic N) is 1. The fourth-order valence-electron chi connectivity index (χ4n) is 3.86. The molecule has 0 saturated carbocycles. The Morgan fingerprint density at radius 2 is 1.77 bits per heavy atom. The van der Waals surface area contributed by atoms with Crippen molar-refractivity contribution < 1.29 is 17.9 Å². The molecule has 3 rings (SSSR count). The summed E-state index contributed by atoms with van der Waals surface area (Å²) in [6, 6.07) is 7.06. The molecule has 1 heterocycles. The van der Waals surface area contributed by atoms with Crippen LogP contribution >= 0.6 is 0 Å². The molecule has 0 bridgehead atoms. The van der Waals surface area contributed by atoms with Gasteiger partial charge in [-0.25, -0.2) is 8.42 Å². The minimum Gasteiger partial charge on any atom is -0.380 e. The standard InChI is InChI=1S/C20H27NO4S/c1-15-5-7-19(8-6-15)26(22,23)21-11-18-9-16(12-24-3)17(13-25-4)10-20(18,2)14-21/h5-9H,10-14H2,1-4H3. The molecular weight excluding hydrogens is 350 g/mol. The third kappa shape index (κ3) is 3.51. The van der Waals surface area contributed by atoms with Crippen LogP contribution in [0.25, 0.3) is 0 Å². The van der Waals surface area contributed by atoms with E-state index in [2.05, 4.69) is 13.0 Å². The summed E-state index contributed by atoms with van der Waals surface area (Å²) in [5.74, 6) is 0. The molecule has 1 atom stereocenters. The van der Waals surface area contributed by atoms with Gasteiger partial charge in [0.05, 0.1) is 18.1 Å². The summed E-state index contributed by atoms with van der Waals surface area (Å²) < 4.78 is 38.4. The fourth-order valence-corrected chi connectivity index (χ4v) is 5.40. The summed E-state index contributed by atoms with van der Waals surface area (Å²) in [5, 5.41) is 0. The number of aryl methyl sites for hydroxylation is 1. The highest BCUT2D eigenvalue weighted by Crippen LogP contribution is 2.46. The van der Waals surface area contributed by atoms with Crippen LogP contribution in [0.3, 0.4) is 0 Å². The van der Waals surface area contributed by atoms with Crippen LogP contribution in [0.15, 0.2) is 52.0 Å². The first-order chi connectivity index (χ1) is 12.3. The largest absolute Gasteiger partial charge is 0.380 e. The molecule has 1 saturated heterocycles. The van der Waals surface area contributed by atoms with E-state index in [1.807, 2.05) is 19.1 Å². The molecule has 1 fully saturated rings. The van der Waals surface area contributed by atoms with E-state index in [1.54, 1.807) is 30.7 Å². The number of methoxy groups -OCH3 is 2. The topological polar surface area (TPSA) is 55.8 Å². The first-order valence-corrected chi connectivity index (χ1v) is 10.2. The number of hydrogen-bond donors (Lipinski definition) is 0. The minimum absolute atomic E-state index is 0.192. The quantitative estimate of drug-likeness (QED) is 0.765. The molecular formula is C20H27NO4S. The van der Waals surface area contributed by atoms with Crippen LogP contribution in [-0.2, 0) is 19.5 Å². The van der Waals surface area contributed by atoms with E-state index in [0.29, 0.717) is 31.2 Å². The normalized spacial score (nSPS) is 23.9. The Morgan fingerprint density at radius 3 is 2.38 bits per heavy atom. The Bertz CT molecular complexity index is 839. The van der Waals surface area contributed by atoms with Crippen molar-refractivity contribution in [3.05, 3.63) is 52.6 Å². The molecule has 1 aromatic carbocycles. The fraction of sp³-hybridized carbons (Fsp3) is 0.500. The third-order valence-corrected chi connectivity index (χ3v) is 7.14. The molecule has 142 valence electrons. The maximum absolute atomic E-state index is 13.1. The Labute approximate surface area is 156 Å². The lowest BCUT2D eigenvalue weighted by atomic mass is 9.74. The average molecular weight is 378 g/mol. The van der Waals surface area contributed by atoms with Gasteiger partial charge in [-0.15, -0.1) is 0 Å². The number of benzene rings is 1. The van der Waals surface area contributed by atoms with Gasteiger partial charge in [0.1, 0.15) is 0 Å². The second kappa shape index (κ2) is 7.27. The van der Waals surface area contributed by atoms with Crippen LogP contribution in [0, 0.1) is 12.3 Å². The number of hydrogen-bond acceptors (Lipinski definition) is 4. The molecule has 1 aromatic rings. The van der Waals surface area contributed by atoms with Crippen molar-refractivity contribution in [2.45, 2.75) is 25.2 Å². The van der Waals surface area contributed by atoms with E-state index in [0.717, 1.165) is 23.1 Å². The van der Waals surface area contributed by atoms with Crippen molar-refractivity contribution in [2.24, 2.45) is 5.41 Å². The maximum Gasteiger partial charge on any atom is 0.243 e. The van der Waals surface area contributed by atoms with Crippen LogP contribution in [0.4, 0.5) is 0 Å². The average Bonchev–Trinajstić information content (AvgIpc) is 2.93. The Kier molecular flexibility index (Phi) is 5.40. The van der Waals surface area contributed by atoms with E-state index in [4.69, 9.17) is 9.47 Å². The van der Waals surface area contributed by atoms with Crippen LogP contribution in [0.5, 0.6) is 0 Å². The SMILES string of the molecule is COCC1=C(COC)CC2(C)CN(S(=O)(=O)c3ccc(C)cc3)CC2=C1. The highest BCUT2D eigenvalue weighted by Gasteiger charge is 2.45. The van der Waals surface area contributed by atoms with Crippen molar-refractivity contribution in [3.63, 3.8) is 0 Å². The lowest BCUT2D eigenvalue weighted by Gasteiger charge is -2.32. The number of rotatable bonds is 6. The third-order valence-electron chi connectivity index (χ3n) is 5.33. The molecule has 0 N–H and O–H groups in total. The lowest BCUT2D eigenvalue weighted by Crippen LogP contribution is -2.32. The van der Waals surface area contributed by atoms with E-state index >= 15 is 0 Å². The summed E-state index contributed by atoms with van der Waals surface area (Å²) in [5.41, 5.74) is 4.31. The predicted molar refractivity (Wildman–Crippen MR) is 102 cm³/mol. The molecule has 6 heteroatoms. The zero-order chi connectivity index (χ0) is 18.9. The van der Waals surface area contributed by atoms with Gasteiger partial charge in [0.15, 0.2) is 0 Å². The van der Waals surface area contributed by atoms with Gasteiger partial charge in [-0.05, 0) is 42.2 Å². The molecule has 0 amide bonds. The molecule has 5 nitrogen and oxygen atoms in total. The van der Waals surface area contributed by atoms with Crippen molar-refractivity contribution >= 4 is 10.0 Å².